The van der Waals surface area contributed by atoms with Gasteiger partial charge in [-0.3, -0.25) is 43.3 Å². The maximum atomic E-state index is 14.0. The van der Waals surface area contributed by atoms with E-state index in [9.17, 15) is 43.5 Å². The van der Waals surface area contributed by atoms with Gasteiger partial charge in [-0.05, 0) is 74.7 Å². The minimum absolute atomic E-state index is 0.000726. The smallest absolute Gasteiger partial charge is 0.243 e. The molecule has 0 fully saturated rings. The third-order valence-corrected chi connectivity index (χ3v) is 10.2. The van der Waals surface area contributed by atoms with Crippen LogP contribution >= 0.6 is 11.8 Å². The van der Waals surface area contributed by atoms with E-state index in [2.05, 4.69) is 36.9 Å². The molecule has 0 spiro atoms. The number of benzene rings is 1. The molecular formula is C40H66N10O9S. The molecule has 336 valence electrons. The molecule has 0 aliphatic carbocycles. The number of carbonyl (C=O) groups excluding carboxylic acids is 8. The number of phenols is 1. The molecule has 0 heterocycles. The van der Waals surface area contributed by atoms with Crippen LogP contribution in [0.4, 0.5) is 0 Å². The Kier molecular flexibility index (Phi) is 22.8. The Morgan fingerprint density at radius 1 is 0.733 bits per heavy atom. The molecule has 0 radical (unpaired) electrons. The molecule has 1 aromatic carbocycles. The van der Waals surface area contributed by atoms with E-state index in [0.717, 1.165) is 0 Å². The summed E-state index contributed by atoms with van der Waals surface area (Å²) in [6.07, 6.45) is 2.43. The minimum atomic E-state index is -1.49. The van der Waals surface area contributed by atoms with Crippen molar-refractivity contribution in [2.45, 2.75) is 130 Å². The highest BCUT2D eigenvalue weighted by Gasteiger charge is 2.36. The average molecular weight is 863 g/mol. The topological polar surface area (TPSA) is 319 Å². The number of ketones is 1. The van der Waals surface area contributed by atoms with Crippen LogP contribution < -0.4 is 49.1 Å². The fourth-order valence-corrected chi connectivity index (χ4v) is 6.32. The van der Waals surface area contributed by atoms with E-state index in [-0.39, 0.29) is 55.6 Å². The first kappa shape index (κ1) is 52.6. The van der Waals surface area contributed by atoms with E-state index in [1.807, 2.05) is 27.0 Å². The molecule has 20 heteroatoms. The number of hydrogen-bond donors (Lipinski definition) is 10. The van der Waals surface area contributed by atoms with Gasteiger partial charge in [0.05, 0.1) is 12.5 Å². The van der Waals surface area contributed by atoms with Gasteiger partial charge < -0.3 is 54.2 Å². The summed E-state index contributed by atoms with van der Waals surface area (Å²) in [6, 6.07) is -1.34. The summed E-state index contributed by atoms with van der Waals surface area (Å²) in [5.41, 5.74) is 16.1. The van der Waals surface area contributed by atoms with Crippen molar-refractivity contribution in [3.63, 3.8) is 0 Å². The highest BCUT2D eigenvalue weighted by atomic mass is 32.2. The quantitative estimate of drug-likeness (QED) is 0.0308. The number of amides is 7. The van der Waals surface area contributed by atoms with Gasteiger partial charge in [-0.1, -0.05) is 46.8 Å². The van der Waals surface area contributed by atoms with Crippen molar-refractivity contribution in [3.8, 4) is 5.75 Å². The predicted octanol–water partition coefficient (Wildman–Crippen LogP) is -0.383. The molecule has 60 heavy (non-hydrogen) atoms. The Morgan fingerprint density at radius 2 is 1.27 bits per heavy atom. The second kappa shape index (κ2) is 25.9. The lowest BCUT2D eigenvalue weighted by atomic mass is 9.81. The van der Waals surface area contributed by atoms with Gasteiger partial charge in [0.25, 0.3) is 0 Å². The van der Waals surface area contributed by atoms with E-state index in [1.165, 1.54) is 37.7 Å². The third kappa shape index (κ3) is 19.6. The van der Waals surface area contributed by atoms with Gasteiger partial charge in [0.15, 0.2) is 11.7 Å². The summed E-state index contributed by atoms with van der Waals surface area (Å²) in [4.78, 5) is 110. The first-order valence-electron chi connectivity index (χ1n) is 19.9. The molecule has 0 bridgehead atoms. The van der Waals surface area contributed by atoms with Crippen LogP contribution in [-0.4, -0.2) is 113 Å². The molecule has 19 nitrogen and oxygen atoms in total. The predicted molar refractivity (Wildman–Crippen MR) is 230 cm³/mol. The van der Waals surface area contributed by atoms with Crippen molar-refractivity contribution >= 4 is 64.9 Å². The van der Waals surface area contributed by atoms with Crippen molar-refractivity contribution in [1.29, 1.82) is 0 Å². The van der Waals surface area contributed by atoms with E-state index in [1.54, 1.807) is 26.0 Å². The fourth-order valence-electron chi connectivity index (χ4n) is 5.85. The SMILES string of the molecule is CCC(C)(C)C(=O)C(CCSC)NC(=O)C(CC(N)=O)NC(=O)C(C)NC(=O)C(CCCN=C(N)N)NC(=O)C(Cc1ccc(O)cc1)NC(=O)C(CC(C)C)NC(C)=O. The van der Waals surface area contributed by atoms with E-state index in [0.29, 0.717) is 24.2 Å². The molecule has 1 aromatic rings. The van der Waals surface area contributed by atoms with E-state index >= 15 is 0 Å². The van der Waals surface area contributed by atoms with E-state index in [4.69, 9.17) is 17.2 Å². The summed E-state index contributed by atoms with van der Waals surface area (Å²) in [7, 11) is 0. The number of phenolic OH excluding ortho intramolecular Hbond substituents is 1. The maximum absolute atomic E-state index is 14.0. The van der Waals surface area contributed by atoms with Crippen LogP contribution in [0.15, 0.2) is 29.3 Å². The summed E-state index contributed by atoms with van der Waals surface area (Å²) >= 11 is 1.48. The number of hydrogen-bond acceptors (Lipinski definition) is 11. The molecule has 0 saturated heterocycles. The van der Waals surface area contributed by atoms with Crippen molar-refractivity contribution in [1.82, 2.24) is 31.9 Å². The summed E-state index contributed by atoms with van der Waals surface area (Å²) in [6.45, 7) is 11.8. The molecule has 1 rings (SSSR count). The molecule has 6 atom stereocenters. The standard InChI is InChI=1S/C40H66N10O9S/c1-9-40(6,7)33(54)27(16-18-60-8)47-38(59)31(21-32(41)53)49-34(55)23(4)45-35(56)28(11-10-17-44-39(42)43)48-37(58)30(20-25-12-14-26(52)15-13-25)50-36(57)29(19-22(2)3)46-24(5)51/h12-15,22-23,27-31,52H,9-11,16-21H2,1-8H3,(H2,41,53)(H,45,56)(H,46,51)(H,47,59)(H,48,58)(H,49,55)(H,50,57)(H4,42,43,44). The van der Waals surface area contributed by atoms with Gasteiger partial charge in [-0.2, -0.15) is 11.8 Å². The lowest BCUT2D eigenvalue weighted by Gasteiger charge is -2.29. The fraction of sp³-hybridized carbons (Fsp3) is 0.625. The minimum Gasteiger partial charge on any atom is -0.508 e. The zero-order chi connectivity index (χ0) is 45.7. The molecule has 7 amide bonds. The zero-order valence-electron chi connectivity index (χ0n) is 36.0. The number of primary amides is 1. The van der Waals surface area contributed by atoms with Crippen LogP contribution in [0.5, 0.6) is 5.75 Å². The molecule has 0 saturated carbocycles. The highest BCUT2D eigenvalue weighted by Crippen LogP contribution is 2.24. The lowest BCUT2D eigenvalue weighted by molar-refractivity contribution is -0.136. The van der Waals surface area contributed by atoms with Crippen LogP contribution in [0.25, 0.3) is 0 Å². The Morgan fingerprint density at radius 3 is 1.80 bits per heavy atom. The molecule has 0 aliphatic rings. The van der Waals surface area contributed by atoms with Gasteiger partial charge in [-0.15, -0.1) is 0 Å². The number of guanidine groups is 1. The number of rotatable bonds is 27. The average Bonchev–Trinajstić information content (AvgIpc) is 3.16. The number of nitrogens with two attached hydrogens (primary N) is 3. The summed E-state index contributed by atoms with van der Waals surface area (Å²) < 4.78 is 0. The first-order valence-corrected chi connectivity index (χ1v) is 21.3. The van der Waals surface area contributed by atoms with Gasteiger partial charge >= 0.3 is 0 Å². The second-order valence-corrected chi connectivity index (χ2v) is 16.7. The van der Waals surface area contributed by atoms with Gasteiger partial charge in [0.2, 0.25) is 41.4 Å². The molecule has 0 aliphatic heterocycles. The van der Waals surface area contributed by atoms with Crippen LogP contribution in [0.2, 0.25) is 0 Å². The second-order valence-electron chi connectivity index (χ2n) is 15.7. The van der Waals surface area contributed by atoms with Crippen LogP contribution in [0, 0.1) is 11.3 Å². The van der Waals surface area contributed by atoms with Crippen molar-refractivity contribution in [2.75, 3.05) is 18.6 Å². The molecule has 0 aromatic heterocycles. The Balaban J connectivity index is 3.38. The molecule has 6 unspecified atom stereocenters. The number of thioether (sulfide) groups is 1. The van der Waals surface area contributed by atoms with Crippen molar-refractivity contribution in [2.24, 2.45) is 33.5 Å². The third-order valence-electron chi connectivity index (χ3n) is 9.57. The van der Waals surface area contributed by atoms with Crippen LogP contribution in [0.1, 0.15) is 92.6 Å². The largest absolute Gasteiger partial charge is 0.508 e. The normalized spacial score (nSPS) is 14.2. The number of Topliss-reactive ketones (excluding diaryl/α,β-unsaturated/α-hetero) is 1. The zero-order valence-corrected chi connectivity index (χ0v) is 36.8. The Bertz CT molecular complexity index is 1670. The number of aromatic hydroxyl groups is 1. The monoisotopic (exact) mass is 862 g/mol. The maximum Gasteiger partial charge on any atom is 0.243 e. The number of nitrogens with zero attached hydrogens (tertiary/aromatic N) is 1. The van der Waals surface area contributed by atoms with Gasteiger partial charge in [0.1, 0.15) is 36.0 Å². The summed E-state index contributed by atoms with van der Waals surface area (Å²) in [5, 5.41) is 25.4. The van der Waals surface area contributed by atoms with E-state index < -0.39 is 89.4 Å². The molecular weight excluding hydrogens is 797 g/mol. The van der Waals surface area contributed by atoms with Crippen LogP contribution in [-0.2, 0) is 44.8 Å². The van der Waals surface area contributed by atoms with Gasteiger partial charge in [0, 0.05) is 25.3 Å². The molecule has 13 N–H and O–H groups in total. The van der Waals surface area contributed by atoms with Crippen molar-refractivity contribution in [3.05, 3.63) is 29.8 Å². The van der Waals surface area contributed by atoms with Crippen molar-refractivity contribution < 1.29 is 43.5 Å². The lowest BCUT2D eigenvalue weighted by Crippen LogP contribution is -2.59. The highest BCUT2D eigenvalue weighted by molar-refractivity contribution is 7.98. The summed E-state index contributed by atoms with van der Waals surface area (Å²) in [5.74, 6) is -5.15. The van der Waals surface area contributed by atoms with Crippen LogP contribution in [0.3, 0.4) is 0 Å². The Labute approximate surface area is 356 Å². The Hall–Kier alpha value is -5.40. The first-order chi connectivity index (χ1) is 28.0. The number of carbonyl (C=O) groups is 8. The number of aliphatic imine (C=N–C) groups is 1. The number of nitrogens with one attached hydrogen (secondary N) is 6. The van der Waals surface area contributed by atoms with Gasteiger partial charge in [-0.25, -0.2) is 0 Å².